The third-order valence-electron chi connectivity index (χ3n) is 8.02. The quantitative estimate of drug-likeness (QED) is 0.175. The number of carbonyl (C=O) groups is 1. The van der Waals surface area contributed by atoms with Crippen LogP contribution in [0.2, 0.25) is 0 Å². The molecule has 3 aromatic rings. The Morgan fingerprint density at radius 1 is 0.932 bits per heavy atom. The first-order valence-corrected chi connectivity index (χ1v) is 14.5. The van der Waals surface area contributed by atoms with E-state index in [1.54, 1.807) is 0 Å². The number of hydrogen-bond acceptors (Lipinski definition) is 5. The summed E-state index contributed by atoms with van der Waals surface area (Å²) >= 11 is 0. The number of para-hydroxylation sites is 2. The fourth-order valence-electron chi connectivity index (χ4n) is 5.95. The minimum atomic E-state index is -5.05. The summed E-state index contributed by atoms with van der Waals surface area (Å²) in [5.41, 5.74) is -0.946. The molecule has 1 fully saturated rings. The van der Waals surface area contributed by atoms with Gasteiger partial charge < -0.3 is 20.3 Å². The molecule has 3 N–H and O–H groups in total. The molecule has 2 aliphatic heterocycles. The Hall–Kier alpha value is -3.77. The third-order valence-corrected chi connectivity index (χ3v) is 8.02. The van der Waals surface area contributed by atoms with Gasteiger partial charge in [0.15, 0.2) is 5.79 Å². The van der Waals surface area contributed by atoms with Crippen LogP contribution in [0.15, 0.2) is 72.8 Å². The monoisotopic (exact) mass is 620 g/mol. The maximum Gasteiger partial charge on any atom is 0.416 e. The molecule has 2 atom stereocenters. The van der Waals surface area contributed by atoms with Crippen LogP contribution >= 0.6 is 0 Å². The maximum absolute atomic E-state index is 13.7. The van der Waals surface area contributed by atoms with Crippen LogP contribution in [0, 0.1) is 0 Å². The number of rotatable bonds is 9. The lowest BCUT2D eigenvalue weighted by Crippen LogP contribution is -2.62. The molecule has 0 spiro atoms. The van der Waals surface area contributed by atoms with Crippen molar-refractivity contribution < 1.29 is 35.9 Å². The lowest BCUT2D eigenvalue weighted by Gasteiger charge is -2.44. The van der Waals surface area contributed by atoms with Crippen molar-refractivity contribution in [1.29, 1.82) is 0 Å². The van der Waals surface area contributed by atoms with Crippen LogP contribution in [-0.4, -0.2) is 48.4 Å². The molecule has 1 amide bonds. The van der Waals surface area contributed by atoms with Gasteiger partial charge in [-0.05, 0) is 62.1 Å². The number of hydrogen-bond donors (Lipinski definition) is 3. The minimum Gasteiger partial charge on any atom is -0.382 e. The molecule has 0 radical (unpaired) electrons. The summed E-state index contributed by atoms with van der Waals surface area (Å²) in [5, 5.41) is 10.7. The maximum atomic E-state index is 13.7. The van der Waals surface area contributed by atoms with Gasteiger partial charge in [-0.1, -0.05) is 42.5 Å². The van der Waals surface area contributed by atoms with E-state index in [1.807, 2.05) is 61.5 Å². The molecule has 0 aromatic heterocycles. The minimum absolute atomic E-state index is 0.0374. The van der Waals surface area contributed by atoms with Crippen molar-refractivity contribution in [3.63, 3.8) is 0 Å². The SMILES string of the molecule is CCOCCC1(NC2CCN(C(=O)c3cc(C(F)(F)F)cc(C(F)(F)F)c3)C(Cc3ccccc3)C2)Nc2ccccc2N1. The second kappa shape index (κ2) is 12.7. The number of ether oxygens (including phenoxy) is 1. The van der Waals surface area contributed by atoms with E-state index < -0.39 is 46.8 Å². The number of amides is 1. The number of nitrogens with one attached hydrogen (secondary N) is 3. The van der Waals surface area contributed by atoms with Gasteiger partial charge in [-0.2, -0.15) is 26.3 Å². The molecule has 2 aliphatic rings. The predicted octanol–water partition coefficient (Wildman–Crippen LogP) is 7.15. The Labute approximate surface area is 251 Å². The molecule has 12 heteroatoms. The summed E-state index contributed by atoms with van der Waals surface area (Å²) in [6, 6.07) is 17.5. The van der Waals surface area contributed by atoms with Gasteiger partial charge in [0.1, 0.15) is 0 Å². The lowest BCUT2D eigenvalue weighted by molar-refractivity contribution is -0.143. The number of alkyl halides is 6. The Morgan fingerprint density at radius 2 is 1.52 bits per heavy atom. The number of anilines is 2. The van der Waals surface area contributed by atoms with Crippen LogP contribution in [0.4, 0.5) is 37.7 Å². The Morgan fingerprint density at radius 3 is 2.09 bits per heavy atom. The van der Waals surface area contributed by atoms with E-state index in [0.29, 0.717) is 51.0 Å². The van der Waals surface area contributed by atoms with E-state index in [0.717, 1.165) is 16.9 Å². The number of piperidine rings is 1. The van der Waals surface area contributed by atoms with Gasteiger partial charge in [-0.25, -0.2) is 0 Å². The highest BCUT2D eigenvalue weighted by Crippen LogP contribution is 2.38. The van der Waals surface area contributed by atoms with E-state index in [1.165, 1.54) is 4.90 Å². The molecule has 44 heavy (non-hydrogen) atoms. The highest BCUT2D eigenvalue weighted by molar-refractivity contribution is 5.95. The molecular weight excluding hydrogens is 586 g/mol. The molecule has 1 saturated heterocycles. The fraction of sp³-hybridized carbons (Fsp3) is 0.406. The highest BCUT2D eigenvalue weighted by Gasteiger charge is 2.42. The van der Waals surface area contributed by atoms with Crippen molar-refractivity contribution in [1.82, 2.24) is 10.2 Å². The van der Waals surface area contributed by atoms with Gasteiger partial charge in [0.05, 0.1) is 29.1 Å². The van der Waals surface area contributed by atoms with E-state index in [2.05, 4.69) is 16.0 Å². The molecule has 5 rings (SSSR count). The van der Waals surface area contributed by atoms with Crippen molar-refractivity contribution in [3.05, 3.63) is 95.1 Å². The number of fused-ring (bicyclic) bond motifs is 1. The van der Waals surface area contributed by atoms with Gasteiger partial charge in [0.2, 0.25) is 0 Å². The second-order valence-corrected chi connectivity index (χ2v) is 11.2. The average molecular weight is 621 g/mol. The zero-order valence-electron chi connectivity index (χ0n) is 24.1. The van der Waals surface area contributed by atoms with Crippen LogP contribution in [0.1, 0.15) is 53.2 Å². The van der Waals surface area contributed by atoms with Gasteiger partial charge >= 0.3 is 12.4 Å². The van der Waals surface area contributed by atoms with E-state index >= 15 is 0 Å². The zero-order valence-corrected chi connectivity index (χ0v) is 24.1. The summed E-state index contributed by atoms with van der Waals surface area (Å²) in [6.07, 6.45) is -8.32. The van der Waals surface area contributed by atoms with Crippen LogP contribution in [0.25, 0.3) is 0 Å². The summed E-state index contributed by atoms with van der Waals surface area (Å²) < 4.78 is 87.1. The zero-order chi connectivity index (χ0) is 31.5. The van der Waals surface area contributed by atoms with Crippen molar-refractivity contribution in [2.45, 2.75) is 62.8 Å². The van der Waals surface area contributed by atoms with E-state index in [9.17, 15) is 31.1 Å². The Kier molecular flexibility index (Phi) is 9.12. The summed E-state index contributed by atoms with van der Waals surface area (Å²) in [7, 11) is 0. The largest absolute Gasteiger partial charge is 0.416 e. The number of carbonyl (C=O) groups excluding carboxylic acids is 1. The van der Waals surface area contributed by atoms with Crippen LogP contribution in [-0.2, 0) is 23.5 Å². The van der Waals surface area contributed by atoms with E-state index in [4.69, 9.17) is 4.74 Å². The highest BCUT2D eigenvalue weighted by atomic mass is 19.4. The first-order valence-electron chi connectivity index (χ1n) is 14.5. The van der Waals surface area contributed by atoms with Gasteiger partial charge in [0.25, 0.3) is 5.91 Å². The molecular formula is C32H34F6N4O2. The molecule has 0 bridgehead atoms. The fourth-order valence-corrected chi connectivity index (χ4v) is 5.95. The van der Waals surface area contributed by atoms with E-state index in [-0.39, 0.29) is 18.7 Å². The summed E-state index contributed by atoms with van der Waals surface area (Å²) in [5.74, 6) is -1.62. The molecule has 0 aliphatic carbocycles. The third kappa shape index (κ3) is 7.29. The van der Waals surface area contributed by atoms with Crippen molar-refractivity contribution in [2.24, 2.45) is 0 Å². The Balaban J connectivity index is 1.42. The summed E-state index contributed by atoms with van der Waals surface area (Å²) in [4.78, 5) is 15.1. The normalized spacial score (nSPS) is 19.7. The van der Waals surface area contributed by atoms with Crippen LogP contribution in [0.3, 0.4) is 0 Å². The van der Waals surface area contributed by atoms with Crippen molar-refractivity contribution in [2.75, 3.05) is 30.4 Å². The topological polar surface area (TPSA) is 65.6 Å². The number of benzene rings is 3. The van der Waals surface area contributed by atoms with Crippen LogP contribution < -0.4 is 16.0 Å². The molecule has 0 saturated carbocycles. The van der Waals surface area contributed by atoms with Crippen molar-refractivity contribution in [3.8, 4) is 0 Å². The van der Waals surface area contributed by atoms with Crippen molar-refractivity contribution >= 4 is 17.3 Å². The van der Waals surface area contributed by atoms with Gasteiger partial charge in [-0.15, -0.1) is 0 Å². The van der Waals surface area contributed by atoms with Crippen LogP contribution in [0.5, 0.6) is 0 Å². The first-order chi connectivity index (χ1) is 20.9. The Bertz CT molecular complexity index is 1390. The second-order valence-electron chi connectivity index (χ2n) is 11.2. The predicted molar refractivity (Wildman–Crippen MR) is 155 cm³/mol. The molecule has 236 valence electrons. The van der Waals surface area contributed by atoms with Gasteiger partial charge in [-0.3, -0.25) is 10.1 Å². The number of likely N-dealkylation sites (tertiary alicyclic amines) is 1. The molecule has 2 unspecified atom stereocenters. The summed E-state index contributed by atoms with van der Waals surface area (Å²) in [6.45, 7) is 3.06. The number of nitrogens with zero attached hydrogens (tertiary/aromatic N) is 1. The first kappa shape index (κ1) is 31.6. The molecule has 6 nitrogen and oxygen atoms in total. The molecule has 3 aromatic carbocycles. The smallest absolute Gasteiger partial charge is 0.382 e. The lowest BCUT2D eigenvalue weighted by atomic mass is 9.90. The van der Waals surface area contributed by atoms with Gasteiger partial charge in [0, 0.05) is 37.2 Å². The standard InChI is InChI=1S/C32H34F6N4O2/c1-2-44-15-13-30(40-27-10-6-7-11-28(27)41-30)39-25-12-14-42(26(20-25)16-21-8-4-3-5-9-21)29(43)22-17-23(31(33,34)35)19-24(18-22)32(36,37)38/h3-11,17-19,25-26,39-41H,2,12-16,20H2,1H3. The molecule has 2 heterocycles. The average Bonchev–Trinajstić information content (AvgIpc) is 3.34. The number of halogens is 6.